The number of carbonyl (C=O) groups is 1. The molecule has 2 N–H and O–H groups in total. The third-order valence-electron chi connectivity index (χ3n) is 7.74. The van der Waals surface area contributed by atoms with Crippen molar-refractivity contribution in [3.63, 3.8) is 0 Å². The summed E-state index contributed by atoms with van der Waals surface area (Å²) in [6, 6.07) is 11.9. The number of carbonyl (C=O) groups excluding carboxylic acids is 1. The fraction of sp³-hybridized carbons (Fsp3) is 0.481. The molecule has 34 heavy (non-hydrogen) atoms. The Labute approximate surface area is 201 Å². The monoisotopic (exact) mass is 462 g/mol. The second-order valence-electron chi connectivity index (χ2n) is 10.9. The number of rotatable bonds is 4. The van der Waals surface area contributed by atoms with E-state index >= 15 is 0 Å². The first-order chi connectivity index (χ1) is 16.0. The highest BCUT2D eigenvalue weighted by Crippen LogP contribution is 2.50. The van der Waals surface area contributed by atoms with Crippen LogP contribution in [0, 0.1) is 5.41 Å². The van der Waals surface area contributed by atoms with E-state index in [0.717, 1.165) is 41.2 Å². The van der Waals surface area contributed by atoms with Gasteiger partial charge in [-0.2, -0.15) is 5.10 Å². The molecule has 0 aromatic heterocycles. The number of benzene rings is 2. The van der Waals surface area contributed by atoms with Gasteiger partial charge in [-0.1, -0.05) is 38.1 Å². The van der Waals surface area contributed by atoms with Gasteiger partial charge in [0.15, 0.2) is 5.84 Å². The first kappa shape index (κ1) is 22.9. The van der Waals surface area contributed by atoms with Gasteiger partial charge >= 0.3 is 0 Å². The van der Waals surface area contributed by atoms with E-state index in [1.807, 2.05) is 43.9 Å². The molecule has 2 aromatic carbocycles. The lowest BCUT2D eigenvalue weighted by atomic mass is 9.67. The van der Waals surface area contributed by atoms with Crippen molar-refractivity contribution in [2.24, 2.45) is 10.5 Å². The molecule has 0 unspecified atom stereocenters. The van der Waals surface area contributed by atoms with Crippen molar-refractivity contribution in [3.8, 4) is 16.9 Å². The molecule has 2 aromatic rings. The van der Waals surface area contributed by atoms with Crippen LogP contribution in [0.4, 0.5) is 5.69 Å². The second kappa shape index (κ2) is 7.82. The van der Waals surface area contributed by atoms with E-state index < -0.39 is 5.60 Å². The number of hydrogen-bond acceptors (Lipinski definition) is 6. The van der Waals surface area contributed by atoms with Gasteiger partial charge in [-0.05, 0) is 73.5 Å². The number of hydrogen-bond donors (Lipinski definition) is 2. The maximum Gasteiger partial charge on any atom is 0.262 e. The zero-order valence-corrected chi connectivity index (χ0v) is 20.8. The van der Waals surface area contributed by atoms with E-state index in [1.165, 1.54) is 5.56 Å². The van der Waals surface area contributed by atoms with Crippen molar-refractivity contribution in [2.45, 2.75) is 52.2 Å². The van der Waals surface area contributed by atoms with E-state index in [0.29, 0.717) is 12.4 Å². The lowest BCUT2D eigenvalue weighted by molar-refractivity contribution is -0.122. The van der Waals surface area contributed by atoms with Crippen molar-refractivity contribution in [1.82, 2.24) is 10.3 Å². The number of ether oxygens (including phenoxy) is 1. The minimum absolute atomic E-state index is 0.124. The van der Waals surface area contributed by atoms with Crippen LogP contribution in [0.25, 0.3) is 11.1 Å². The van der Waals surface area contributed by atoms with E-state index in [1.54, 1.807) is 0 Å². The largest absolute Gasteiger partial charge is 0.483 e. The summed E-state index contributed by atoms with van der Waals surface area (Å²) in [7, 11) is 2.15. The molecule has 0 saturated carbocycles. The molecule has 7 heteroatoms. The van der Waals surface area contributed by atoms with Crippen LogP contribution in [-0.4, -0.2) is 54.5 Å². The minimum Gasteiger partial charge on any atom is -0.483 e. The fourth-order valence-electron chi connectivity index (χ4n) is 5.77. The zero-order valence-electron chi connectivity index (χ0n) is 20.8. The lowest BCUT2D eigenvalue weighted by Crippen LogP contribution is -2.56. The first-order valence-electron chi connectivity index (χ1n) is 12.0. The van der Waals surface area contributed by atoms with Gasteiger partial charge in [0.1, 0.15) is 18.4 Å². The molecule has 180 valence electrons. The molecule has 0 aliphatic carbocycles. The molecule has 1 saturated heterocycles. The van der Waals surface area contributed by atoms with Crippen LogP contribution in [0.5, 0.6) is 5.75 Å². The van der Waals surface area contributed by atoms with Crippen molar-refractivity contribution >= 4 is 17.4 Å². The highest BCUT2D eigenvalue weighted by atomic mass is 16.5. The van der Waals surface area contributed by atoms with Crippen LogP contribution in [-0.2, 0) is 10.4 Å². The summed E-state index contributed by atoms with van der Waals surface area (Å²) in [5, 5.41) is 15.2. The lowest BCUT2D eigenvalue weighted by Gasteiger charge is -2.51. The predicted molar refractivity (Wildman–Crippen MR) is 134 cm³/mol. The normalized spacial score (nSPS) is 22.6. The van der Waals surface area contributed by atoms with Crippen LogP contribution >= 0.6 is 0 Å². The number of likely N-dealkylation sites (tertiary alicyclic amines) is 1. The Morgan fingerprint density at radius 2 is 1.94 bits per heavy atom. The summed E-state index contributed by atoms with van der Waals surface area (Å²) in [6.45, 7) is 12.5. The first-order valence-corrected chi connectivity index (χ1v) is 12.0. The number of amidine groups is 1. The van der Waals surface area contributed by atoms with Gasteiger partial charge in [0, 0.05) is 13.1 Å². The van der Waals surface area contributed by atoms with Gasteiger partial charge in [0.2, 0.25) is 0 Å². The molecule has 3 aliphatic rings. The summed E-state index contributed by atoms with van der Waals surface area (Å²) in [4.78, 5) is 16.8. The molecule has 0 spiro atoms. The number of nitrogens with one attached hydrogen (secondary N) is 1. The van der Waals surface area contributed by atoms with Gasteiger partial charge in [-0.25, -0.2) is 5.43 Å². The third-order valence-corrected chi connectivity index (χ3v) is 7.74. The second-order valence-corrected chi connectivity index (χ2v) is 10.9. The zero-order chi connectivity index (χ0) is 24.4. The Hall–Kier alpha value is -2.90. The minimum atomic E-state index is -0.992. The van der Waals surface area contributed by atoms with E-state index in [9.17, 15) is 9.90 Å². The number of nitrogens with zero attached hydrogens (tertiary/aromatic N) is 3. The SMILES string of the molecule is C[C@@H]1C(=O)NN=C2COc3cc(-c4ccccc4C(C)(C)O)c([C@@H](C)C4(C)CN(C)C4)cc3N21. The Kier molecular flexibility index (Phi) is 5.26. The molecule has 0 bridgehead atoms. The topological polar surface area (TPSA) is 77.4 Å². The van der Waals surface area contributed by atoms with Crippen LogP contribution in [0.1, 0.15) is 51.7 Å². The van der Waals surface area contributed by atoms with Crippen molar-refractivity contribution < 1.29 is 14.6 Å². The predicted octanol–water partition coefficient (Wildman–Crippen LogP) is 3.67. The number of hydrazone groups is 1. The van der Waals surface area contributed by atoms with Crippen LogP contribution < -0.4 is 15.1 Å². The van der Waals surface area contributed by atoms with Crippen molar-refractivity contribution in [2.75, 3.05) is 31.6 Å². The van der Waals surface area contributed by atoms with Gasteiger partial charge in [0.25, 0.3) is 5.91 Å². The Morgan fingerprint density at radius 3 is 2.62 bits per heavy atom. The number of amides is 1. The molecule has 1 fully saturated rings. The Bertz CT molecular complexity index is 1180. The maximum atomic E-state index is 12.4. The summed E-state index contributed by atoms with van der Waals surface area (Å²) in [5.41, 5.74) is 6.74. The summed E-state index contributed by atoms with van der Waals surface area (Å²) in [6.07, 6.45) is 0. The van der Waals surface area contributed by atoms with Crippen LogP contribution in [0.15, 0.2) is 41.5 Å². The van der Waals surface area contributed by atoms with Gasteiger partial charge in [-0.15, -0.1) is 0 Å². The quantitative estimate of drug-likeness (QED) is 0.725. The van der Waals surface area contributed by atoms with Crippen LogP contribution in [0.2, 0.25) is 0 Å². The fourth-order valence-corrected chi connectivity index (χ4v) is 5.77. The van der Waals surface area contributed by atoms with Crippen LogP contribution in [0.3, 0.4) is 0 Å². The van der Waals surface area contributed by atoms with E-state index in [2.05, 4.69) is 54.5 Å². The smallest absolute Gasteiger partial charge is 0.262 e. The molecule has 2 atom stereocenters. The summed E-state index contributed by atoms with van der Waals surface area (Å²) in [5.74, 6) is 1.55. The summed E-state index contributed by atoms with van der Waals surface area (Å²) >= 11 is 0. The molecule has 5 rings (SSSR count). The van der Waals surface area contributed by atoms with Crippen molar-refractivity contribution in [3.05, 3.63) is 47.5 Å². The Morgan fingerprint density at radius 1 is 1.24 bits per heavy atom. The maximum absolute atomic E-state index is 12.4. The molecular formula is C27H34N4O3. The third kappa shape index (κ3) is 3.58. The average molecular weight is 463 g/mol. The van der Waals surface area contributed by atoms with Gasteiger partial charge in [0.05, 0.1) is 11.3 Å². The van der Waals surface area contributed by atoms with Crippen molar-refractivity contribution in [1.29, 1.82) is 0 Å². The molecule has 1 amide bonds. The molecule has 3 aliphatic heterocycles. The van der Waals surface area contributed by atoms with E-state index in [4.69, 9.17) is 4.74 Å². The number of fused-ring (bicyclic) bond motifs is 3. The standard InChI is InChI=1S/C27H34N4O3/c1-16(27(5)14-30(6)15-27)19-11-22-23(34-13-24-28-29-25(32)17(2)31(22)24)12-20(19)18-9-7-8-10-21(18)26(3,4)33/h7-12,16-17,33H,13-15H2,1-6H3,(H,29,32)/t16-,17-/m1/s1. The number of anilines is 1. The Balaban J connectivity index is 1.73. The molecule has 0 radical (unpaired) electrons. The molecule has 3 heterocycles. The number of aliphatic hydroxyl groups is 1. The molecular weight excluding hydrogens is 428 g/mol. The van der Waals surface area contributed by atoms with E-state index in [-0.39, 0.29) is 23.3 Å². The highest BCUT2D eigenvalue weighted by Gasteiger charge is 2.44. The highest BCUT2D eigenvalue weighted by molar-refractivity contribution is 6.09. The molecule has 7 nitrogen and oxygen atoms in total. The van der Waals surface area contributed by atoms with Gasteiger partial charge < -0.3 is 19.6 Å². The van der Waals surface area contributed by atoms with Gasteiger partial charge in [-0.3, -0.25) is 4.79 Å². The average Bonchev–Trinajstić information content (AvgIpc) is 2.78. The summed E-state index contributed by atoms with van der Waals surface area (Å²) < 4.78 is 6.15.